The predicted octanol–water partition coefficient (Wildman–Crippen LogP) is 2.86. The second-order valence-corrected chi connectivity index (χ2v) is 5.42. The molecule has 2 rings (SSSR count). The van der Waals surface area contributed by atoms with Crippen LogP contribution in [0.15, 0.2) is 41.8 Å². The summed E-state index contributed by atoms with van der Waals surface area (Å²) in [5.74, 6) is -0.132. The lowest BCUT2D eigenvalue weighted by atomic mass is 10.1. The zero-order valence-corrected chi connectivity index (χ0v) is 11.8. The van der Waals surface area contributed by atoms with Crippen LogP contribution in [0.4, 0.5) is 5.69 Å². The highest BCUT2D eigenvalue weighted by Gasteiger charge is 2.17. The Morgan fingerprint density at radius 2 is 2.05 bits per heavy atom. The van der Waals surface area contributed by atoms with Crippen molar-refractivity contribution in [1.82, 2.24) is 4.90 Å². The highest BCUT2D eigenvalue weighted by Crippen LogP contribution is 2.19. The van der Waals surface area contributed by atoms with Gasteiger partial charge in [0.15, 0.2) is 0 Å². The third-order valence-electron chi connectivity index (χ3n) is 2.93. The highest BCUT2D eigenvalue weighted by atomic mass is 32.1. The zero-order valence-electron chi connectivity index (χ0n) is 11.0. The van der Waals surface area contributed by atoms with E-state index < -0.39 is 4.92 Å². The van der Waals surface area contributed by atoms with E-state index in [9.17, 15) is 14.9 Å². The molecular weight excluding hydrogens is 276 g/mol. The van der Waals surface area contributed by atoms with Gasteiger partial charge in [0.25, 0.3) is 5.69 Å². The van der Waals surface area contributed by atoms with E-state index >= 15 is 0 Å². The molecule has 0 saturated heterocycles. The number of carbonyl (C=O) groups excluding carboxylic acids is 1. The minimum atomic E-state index is -0.456. The second kappa shape index (κ2) is 6.29. The second-order valence-electron chi connectivity index (χ2n) is 4.39. The number of hydrogen-bond donors (Lipinski definition) is 0. The molecule has 0 N–H and O–H groups in total. The van der Waals surface area contributed by atoms with E-state index in [4.69, 9.17) is 0 Å². The number of rotatable bonds is 5. The summed E-state index contributed by atoms with van der Waals surface area (Å²) >= 11 is 1.58. The van der Waals surface area contributed by atoms with Crippen LogP contribution in [0, 0.1) is 10.1 Å². The van der Waals surface area contributed by atoms with E-state index in [2.05, 4.69) is 0 Å². The molecular formula is C14H14N2O3S. The molecule has 6 heteroatoms. The number of nitro benzene ring substituents is 1. The Morgan fingerprint density at radius 1 is 1.30 bits per heavy atom. The van der Waals surface area contributed by atoms with E-state index in [0.29, 0.717) is 12.1 Å². The van der Waals surface area contributed by atoms with Gasteiger partial charge in [0, 0.05) is 23.6 Å². The van der Waals surface area contributed by atoms with E-state index in [-0.39, 0.29) is 18.0 Å². The maximum Gasteiger partial charge on any atom is 0.273 e. The Kier molecular flexibility index (Phi) is 4.47. The van der Waals surface area contributed by atoms with Crippen LogP contribution in [0.2, 0.25) is 0 Å². The van der Waals surface area contributed by atoms with Crippen LogP contribution >= 0.6 is 11.3 Å². The first kappa shape index (κ1) is 14.2. The van der Waals surface area contributed by atoms with E-state index in [1.54, 1.807) is 41.5 Å². The van der Waals surface area contributed by atoms with Crippen LogP contribution in [-0.2, 0) is 17.8 Å². The van der Waals surface area contributed by atoms with Crippen molar-refractivity contribution in [2.45, 2.75) is 13.0 Å². The maximum atomic E-state index is 12.1. The molecule has 0 spiro atoms. The van der Waals surface area contributed by atoms with Crippen molar-refractivity contribution in [2.24, 2.45) is 0 Å². The van der Waals surface area contributed by atoms with Crippen LogP contribution < -0.4 is 0 Å². The summed E-state index contributed by atoms with van der Waals surface area (Å²) in [6, 6.07) is 10.2. The molecule has 0 bridgehead atoms. The maximum absolute atomic E-state index is 12.1. The standard InChI is InChI=1S/C14H14N2O3S/c1-15(10-12-6-4-8-20-12)14(17)9-11-5-2-3-7-13(11)16(18)19/h2-8H,9-10H2,1H3. The zero-order chi connectivity index (χ0) is 14.5. The normalized spacial score (nSPS) is 10.2. The van der Waals surface area contributed by atoms with Gasteiger partial charge in [0.05, 0.1) is 17.9 Å². The van der Waals surface area contributed by atoms with Gasteiger partial charge in [0.2, 0.25) is 5.91 Å². The number of benzene rings is 1. The molecule has 2 aromatic rings. The van der Waals surface area contributed by atoms with Crippen molar-refractivity contribution in [3.8, 4) is 0 Å². The molecule has 1 aromatic carbocycles. The first-order valence-corrected chi connectivity index (χ1v) is 6.94. The molecule has 0 aliphatic rings. The fraction of sp³-hybridized carbons (Fsp3) is 0.214. The molecule has 20 heavy (non-hydrogen) atoms. The molecule has 0 atom stereocenters. The number of amides is 1. The molecule has 5 nitrogen and oxygen atoms in total. The topological polar surface area (TPSA) is 63.5 Å². The number of carbonyl (C=O) groups is 1. The quantitative estimate of drug-likeness (QED) is 0.628. The molecule has 0 radical (unpaired) electrons. The number of nitrogens with zero attached hydrogens (tertiary/aromatic N) is 2. The minimum absolute atomic E-state index is 0.00891. The van der Waals surface area contributed by atoms with Crippen LogP contribution in [-0.4, -0.2) is 22.8 Å². The van der Waals surface area contributed by atoms with Crippen LogP contribution in [0.25, 0.3) is 0 Å². The average Bonchev–Trinajstić information content (AvgIpc) is 2.91. The Labute approximate surface area is 120 Å². The lowest BCUT2D eigenvalue weighted by Gasteiger charge is -2.16. The van der Waals surface area contributed by atoms with Crippen molar-refractivity contribution in [3.05, 3.63) is 62.3 Å². The van der Waals surface area contributed by atoms with Gasteiger partial charge in [-0.1, -0.05) is 24.3 Å². The van der Waals surface area contributed by atoms with E-state index in [1.807, 2.05) is 17.5 Å². The minimum Gasteiger partial charge on any atom is -0.340 e. The van der Waals surface area contributed by atoms with Gasteiger partial charge in [-0.3, -0.25) is 14.9 Å². The smallest absolute Gasteiger partial charge is 0.273 e. The van der Waals surface area contributed by atoms with Gasteiger partial charge in [-0.05, 0) is 11.4 Å². The summed E-state index contributed by atoms with van der Waals surface area (Å²) in [7, 11) is 1.71. The lowest BCUT2D eigenvalue weighted by molar-refractivity contribution is -0.385. The Hall–Kier alpha value is -2.21. The van der Waals surface area contributed by atoms with Crippen molar-refractivity contribution < 1.29 is 9.72 Å². The fourth-order valence-corrected chi connectivity index (χ4v) is 2.62. The first-order valence-electron chi connectivity index (χ1n) is 6.06. The number of nitro groups is 1. The third-order valence-corrected chi connectivity index (χ3v) is 3.79. The van der Waals surface area contributed by atoms with E-state index in [0.717, 1.165) is 4.88 Å². The van der Waals surface area contributed by atoms with Crippen molar-refractivity contribution in [1.29, 1.82) is 0 Å². The molecule has 0 aliphatic carbocycles. The SMILES string of the molecule is CN(Cc1cccs1)C(=O)Cc1ccccc1[N+](=O)[O-]. The van der Waals surface area contributed by atoms with Gasteiger partial charge < -0.3 is 4.90 Å². The molecule has 0 fully saturated rings. The monoisotopic (exact) mass is 290 g/mol. The first-order chi connectivity index (χ1) is 9.58. The lowest BCUT2D eigenvalue weighted by Crippen LogP contribution is -2.27. The number of thiophene rings is 1. The fourth-order valence-electron chi connectivity index (χ4n) is 1.86. The van der Waals surface area contributed by atoms with Gasteiger partial charge in [-0.15, -0.1) is 11.3 Å². The predicted molar refractivity (Wildman–Crippen MR) is 77.6 cm³/mol. The largest absolute Gasteiger partial charge is 0.340 e. The number of para-hydroxylation sites is 1. The summed E-state index contributed by atoms with van der Waals surface area (Å²) in [6.07, 6.45) is 0.0407. The summed E-state index contributed by atoms with van der Waals surface area (Å²) < 4.78 is 0. The van der Waals surface area contributed by atoms with Crippen molar-refractivity contribution in [3.63, 3.8) is 0 Å². The van der Waals surface area contributed by atoms with Crippen LogP contribution in [0.3, 0.4) is 0 Å². The average molecular weight is 290 g/mol. The summed E-state index contributed by atoms with van der Waals surface area (Å²) in [5, 5.41) is 12.9. The molecule has 0 aliphatic heterocycles. The number of hydrogen-bond acceptors (Lipinski definition) is 4. The third kappa shape index (κ3) is 3.42. The molecule has 0 unspecified atom stereocenters. The Balaban J connectivity index is 2.06. The summed E-state index contributed by atoms with van der Waals surface area (Å²) in [5.41, 5.74) is 0.436. The van der Waals surface area contributed by atoms with Crippen LogP contribution in [0.1, 0.15) is 10.4 Å². The van der Waals surface area contributed by atoms with Crippen molar-refractivity contribution in [2.75, 3.05) is 7.05 Å². The Bertz CT molecular complexity index is 611. The molecule has 0 saturated carbocycles. The van der Waals surface area contributed by atoms with Gasteiger partial charge in [-0.2, -0.15) is 0 Å². The van der Waals surface area contributed by atoms with Gasteiger partial charge in [-0.25, -0.2) is 0 Å². The summed E-state index contributed by atoms with van der Waals surface area (Å²) in [4.78, 5) is 25.2. The molecule has 1 heterocycles. The molecule has 104 valence electrons. The highest BCUT2D eigenvalue weighted by molar-refractivity contribution is 7.09. The van der Waals surface area contributed by atoms with Gasteiger partial charge in [0.1, 0.15) is 0 Å². The van der Waals surface area contributed by atoms with Gasteiger partial charge >= 0.3 is 0 Å². The molecule has 1 amide bonds. The summed E-state index contributed by atoms with van der Waals surface area (Å²) in [6.45, 7) is 0.525. The van der Waals surface area contributed by atoms with Crippen molar-refractivity contribution >= 4 is 22.9 Å². The number of likely N-dealkylation sites (N-methyl/N-ethyl adjacent to an activating group) is 1. The van der Waals surface area contributed by atoms with Crippen LogP contribution in [0.5, 0.6) is 0 Å². The molecule has 1 aromatic heterocycles. The Morgan fingerprint density at radius 3 is 2.70 bits per heavy atom. The van der Waals surface area contributed by atoms with E-state index in [1.165, 1.54) is 6.07 Å².